The third kappa shape index (κ3) is 3.31. The van der Waals surface area contributed by atoms with E-state index < -0.39 is 5.82 Å². The maximum absolute atomic E-state index is 13.2. The van der Waals surface area contributed by atoms with Gasteiger partial charge in [-0.1, -0.05) is 30.3 Å². The number of rotatable bonds is 4. The Hall–Kier alpha value is -2.36. The molecule has 0 saturated carbocycles. The molecule has 3 nitrogen and oxygen atoms in total. The Morgan fingerprint density at radius 2 is 1.89 bits per heavy atom. The topological polar surface area (TPSA) is 41.1 Å². The Morgan fingerprint density at radius 3 is 2.58 bits per heavy atom. The first kappa shape index (κ1) is 13.1. The summed E-state index contributed by atoms with van der Waals surface area (Å²) < 4.78 is 13.2. The Bertz CT molecular complexity index is 570. The summed E-state index contributed by atoms with van der Waals surface area (Å²) in [4.78, 5) is 12.0. The van der Waals surface area contributed by atoms with Gasteiger partial charge in [0.05, 0.1) is 5.56 Å². The van der Waals surface area contributed by atoms with Crippen molar-refractivity contribution in [2.75, 3.05) is 12.4 Å². The molecule has 0 aliphatic heterocycles. The second-order valence-corrected chi connectivity index (χ2v) is 4.11. The molecule has 0 aliphatic carbocycles. The number of hydrogen-bond donors (Lipinski definition) is 2. The number of carbonyl (C=O) groups excluding carboxylic acids is 1. The Morgan fingerprint density at radius 1 is 1.16 bits per heavy atom. The predicted octanol–water partition coefficient (Wildman–Crippen LogP) is 2.80. The summed E-state index contributed by atoms with van der Waals surface area (Å²) in [6, 6.07) is 13.7. The normalized spacial score (nSPS) is 10.0. The molecule has 0 bridgehead atoms. The summed E-state index contributed by atoms with van der Waals surface area (Å²) in [7, 11) is 1.70. The molecule has 4 heteroatoms. The number of halogens is 1. The Kier molecular flexibility index (Phi) is 4.13. The van der Waals surface area contributed by atoms with E-state index in [0.29, 0.717) is 17.8 Å². The SMILES string of the molecule is CNc1ccc(F)cc1C(=O)NCc1ccccc1. The second kappa shape index (κ2) is 6.00. The van der Waals surface area contributed by atoms with Crippen LogP contribution in [0, 0.1) is 5.82 Å². The van der Waals surface area contributed by atoms with Crippen LogP contribution in [-0.2, 0) is 6.54 Å². The summed E-state index contributed by atoms with van der Waals surface area (Å²) in [5.74, 6) is -0.725. The fourth-order valence-corrected chi connectivity index (χ4v) is 1.80. The first-order valence-electron chi connectivity index (χ1n) is 6.00. The molecule has 0 fully saturated rings. The molecule has 1 amide bonds. The Balaban J connectivity index is 2.10. The van der Waals surface area contributed by atoms with Crippen molar-refractivity contribution in [2.24, 2.45) is 0 Å². The summed E-state index contributed by atoms with van der Waals surface area (Å²) in [6.45, 7) is 0.416. The van der Waals surface area contributed by atoms with E-state index in [4.69, 9.17) is 0 Å². The van der Waals surface area contributed by atoms with Gasteiger partial charge in [0.1, 0.15) is 5.82 Å². The zero-order valence-electron chi connectivity index (χ0n) is 10.6. The van der Waals surface area contributed by atoms with Gasteiger partial charge in [0.2, 0.25) is 0 Å². The zero-order chi connectivity index (χ0) is 13.7. The van der Waals surface area contributed by atoms with E-state index in [1.54, 1.807) is 13.1 Å². The van der Waals surface area contributed by atoms with Gasteiger partial charge in [-0.3, -0.25) is 4.79 Å². The van der Waals surface area contributed by atoms with Gasteiger partial charge in [-0.2, -0.15) is 0 Å². The quantitative estimate of drug-likeness (QED) is 0.885. The van der Waals surface area contributed by atoms with Crippen LogP contribution < -0.4 is 10.6 Å². The molecule has 2 aromatic rings. The van der Waals surface area contributed by atoms with Gasteiger partial charge in [0.15, 0.2) is 0 Å². The fraction of sp³-hybridized carbons (Fsp3) is 0.133. The van der Waals surface area contributed by atoms with Crippen molar-refractivity contribution in [3.63, 3.8) is 0 Å². The maximum Gasteiger partial charge on any atom is 0.253 e. The van der Waals surface area contributed by atoms with E-state index in [0.717, 1.165) is 5.56 Å². The lowest BCUT2D eigenvalue weighted by Crippen LogP contribution is -2.23. The highest BCUT2D eigenvalue weighted by Gasteiger charge is 2.11. The monoisotopic (exact) mass is 258 g/mol. The summed E-state index contributed by atoms with van der Waals surface area (Å²) >= 11 is 0. The molecule has 0 saturated heterocycles. The third-order valence-corrected chi connectivity index (χ3v) is 2.79. The largest absolute Gasteiger partial charge is 0.387 e. The lowest BCUT2D eigenvalue weighted by molar-refractivity contribution is 0.0951. The minimum atomic E-state index is -0.427. The summed E-state index contributed by atoms with van der Waals surface area (Å²) in [5, 5.41) is 5.65. The molecule has 2 N–H and O–H groups in total. The molecule has 0 heterocycles. The number of benzene rings is 2. The van der Waals surface area contributed by atoms with Gasteiger partial charge in [-0.05, 0) is 23.8 Å². The van der Waals surface area contributed by atoms with E-state index in [2.05, 4.69) is 10.6 Å². The van der Waals surface area contributed by atoms with Crippen LogP contribution in [0.5, 0.6) is 0 Å². The van der Waals surface area contributed by atoms with Crippen LogP contribution in [0.25, 0.3) is 0 Å². The minimum absolute atomic E-state index is 0.298. The lowest BCUT2D eigenvalue weighted by Gasteiger charge is -2.10. The highest BCUT2D eigenvalue weighted by atomic mass is 19.1. The molecule has 2 rings (SSSR count). The van der Waals surface area contributed by atoms with Crippen molar-refractivity contribution in [1.82, 2.24) is 5.32 Å². The van der Waals surface area contributed by atoms with E-state index in [-0.39, 0.29) is 5.91 Å². The van der Waals surface area contributed by atoms with Gasteiger partial charge in [0, 0.05) is 19.3 Å². The van der Waals surface area contributed by atoms with Crippen molar-refractivity contribution < 1.29 is 9.18 Å². The molecule has 0 aromatic heterocycles. The molecule has 0 atom stereocenters. The predicted molar refractivity (Wildman–Crippen MR) is 73.6 cm³/mol. The zero-order valence-corrected chi connectivity index (χ0v) is 10.6. The molecule has 98 valence electrons. The number of carbonyl (C=O) groups is 1. The lowest BCUT2D eigenvalue weighted by atomic mass is 10.1. The maximum atomic E-state index is 13.2. The highest BCUT2D eigenvalue weighted by molar-refractivity contribution is 5.99. The highest BCUT2D eigenvalue weighted by Crippen LogP contribution is 2.16. The van der Waals surface area contributed by atoms with Crippen molar-refractivity contribution in [3.8, 4) is 0 Å². The third-order valence-electron chi connectivity index (χ3n) is 2.79. The van der Waals surface area contributed by atoms with Crippen LogP contribution in [-0.4, -0.2) is 13.0 Å². The average Bonchev–Trinajstić information content (AvgIpc) is 2.46. The van der Waals surface area contributed by atoms with Crippen LogP contribution >= 0.6 is 0 Å². The van der Waals surface area contributed by atoms with Gasteiger partial charge >= 0.3 is 0 Å². The van der Waals surface area contributed by atoms with E-state index in [9.17, 15) is 9.18 Å². The second-order valence-electron chi connectivity index (χ2n) is 4.11. The Labute approximate surface area is 111 Å². The standard InChI is InChI=1S/C15H15FN2O/c1-17-14-8-7-12(16)9-13(14)15(19)18-10-11-5-3-2-4-6-11/h2-9,17H,10H2,1H3,(H,18,19). The van der Waals surface area contributed by atoms with Crippen molar-refractivity contribution in [2.45, 2.75) is 6.54 Å². The van der Waals surface area contributed by atoms with E-state index in [1.807, 2.05) is 30.3 Å². The molecule has 2 aromatic carbocycles. The van der Waals surface area contributed by atoms with Gasteiger partial charge in [0.25, 0.3) is 5.91 Å². The first-order chi connectivity index (χ1) is 9.20. The average molecular weight is 258 g/mol. The number of anilines is 1. The van der Waals surface area contributed by atoms with Crippen LogP contribution in [0.4, 0.5) is 10.1 Å². The minimum Gasteiger partial charge on any atom is -0.387 e. The molecule has 0 radical (unpaired) electrons. The van der Waals surface area contributed by atoms with Crippen LogP contribution in [0.3, 0.4) is 0 Å². The van der Waals surface area contributed by atoms with Crippen LogP contribution in [0.2, 0.25) is 0 Å². The molecule has 19 heavy (non-hydrogen) atoms. The summed E-state index contributed by atoms with van der Waals surface area (Å²) in [5.41, 5.74) is 1.91. The number of hydrogen-bond acceptors (Lipinski definition) is 2. The number of amides is 1. The van der Waals surface area contributed by atoms with Crippen molar-refractivity contribution in [1.29, 1.82) is 0 Å². The molecule has 0 spiro atoms. The smallest absolute Gasteiger partial charge is 0.253 e. The summed E-state index contributed by atoms with van der Waals surface area (Å²) in [6.07, 6.45) is 0. The van der Waals surface area contributed by atoms with Crippen molar-refractivity contribution >= 4 is 11.6 Å². The van der Waals surface area contributed by atoms with E-state index in [1.165, 1.54) is 12.1 Å². The molecular weight excluding hydrogens is 243 g/mol. The van der Waals surface area contributed by atoms with Crippen molar-refractivity contribution in [3.05, 3.63) is 65.5 Å². The fourth-order valence-electron chi connectivity index (χ4n) is 1.80. The van der Waals surface area contributed by atoms with Crippen LogP contribution in [0.1, 0.15) is 15.9 Å². The molecular formula is C15H15FN2O. The van der Waals surface area contributed by atoms with Gasteiger partial charge in [-0.15, -0.1) is 0 Å². The molecule has 0 unspecified atom stereocenters. The van der Waals surface area contributed by atoms with Crippen LogP contribution in [0.15, 0.2) is 48.5 Å². The molecule has 0 aliphatic rings. The first-order valence-corrected chi connectivity index (χ1v) is 6.00. The van der Waals surface area contributed by atoms with Gasteiger partial charge in [-0.25, -0.2) is 4.39 Å². The van der Waals surface area contributed by atoms with Gasteiger partial charge < -0.3 is 10.6 Å². The number of nitrogens with one attached hydrogen (secondary N) is 2. The van der Waals surface area contributed by atoms with E-state index >= 15 is 0 Å².